The van der Waals surface area contributed by atoms with Crippen LogP contribution in [0.3, 0.4) is 0 Å². The number of halogens is 1. The van der Waals surface area contributed by atoms with E-state index in [0.29, 0.717) is 50.6 Å². The van der Waals surface area contributed by atoms with Gasteiger partial charge in [-0.05, 0) is 39.0 Å². The first-order valence-electron chi connectivity index (χ1n) is 15.2. The average Bonchev–Trinajstić information content (AvgIpc) is 3.68. The number of amides is 2. The Morgan fingerprint density at radius 1 is 1.09 bits per heavy atom. The largest absolute Gasteiger partial charge is 0.481 e. The van der Waals surface area contributed by atoms with E-state index in [0.717, 1.165) is 41.0 Å². The number of carbonyl (C=O) groups excluding carboxylic acids is 3. The molecule has 13 nitrogen and oxygen atoms in total. The van der Waals surface area contributed by atoms with Gasteiger partial charge in [-0.3, -0.25) is 9.69 Å². The van der Waals surface area contributed by atoms with Gasteiger partial charge in [0.25, 0.3) is 5.91 Å². The van der Waals surface area contributed by atoms with Gasteiger partial charge in [0, 0.05) is 49.4 Å². The molecule has 15 heteroatoms. The molecule has 6 rings (SSSR count). The predicted octanol–water partition coefficient (Wildman–Crippen LogP) is 3.92. The fourth-order valence-corrected chi connectivity index (χ4v) is 7.07. The van der Waals surface area contributed by atoms with Gasteiger partial charge in [0.2, 0.25) is 0 Å². The highest BCUT2D eigenvalue weighted by atomic mass is 35.5. The van der Waals surface area contributed by atoms with Crippen LogP contribution in [0, 0.1) is 0 Å². The molecule has 1 fully saturated rings. The van der Waals surface area contributed by atoms with Gasteiger partial charge >= 0.3 is 12.1 Å². The van der Waals surface area contributed by atoms with E-state index in [4.69, 9.17) is 35.5 Å². The summed E-state index contributed by atoms with van der Waals surface area (Å²) in [5, 5.41) is 1.91. The van der Waals surface area contributed by atoms with Crippen molar-refractivity contribution in [3.63, 3.8) is 0 Å². The molecule has 0 spiro atoms. The molecule has 0 saturated carbocycles. The third-order valence-corrected chi connectivity index (χ3v) is 9.27. The zero-order valence-electron chi connectivity index (χ0n) is 26.3. The second kappa shape index (κ2) is 13.1. The number of hydrogen-bond acceptors (Lipinski definition) is 11. The number of ether oxygens (including phenoxy) is 4. The Bertz CT molecular complexity index is 1630. The number of pyridine rings is 1. The molecule has 3 aliphatic heterocycles. The average molecular weight is 673 g/mol. The zero-order chi connectivity index (χ0) is 32.6. The quantitative estimate of drug-likeness (QED) is 0.281. The monoisotopic (exact) mass is 672 g/mol. The van der Waals surface area contributed by atoms with E-state index in [1.807, 2.05) is 26.8 Å². The van der Waals surface area contributed by atoms with Crippen molar-refractivity contribution in [1.29, 1.82) is 0 Å². The van der Waals surface area contributed by atoms with Crippen LogP contribution >= 0.6 is 22.9 Å². The van der Waals surface area contributed by atoms with Crippen LogP contribution in [0.4, 0.5) is 10.6 Å². The smallest absolute Gasteiger partial charge is 0.410 e. The van der Waals surface area contributed by atoms with Crippen molar-refractivity contribution in [3.8, 4) is 5.75 Å². The Hall–Kier alpha value is -3.88. The number of imidazole rings is 1. The molecular weight excluding hydrogens is 636 g/mol. The summed E-state index contributed by atoms with van der Waals surface area (Å²) in [5.74, 6) is 1.06. The van der Waals surface area contributed by atoms with E-state index < -0.39 is 23.7 Å². The van der Waals surface area contributed by atoms with E-state index in [1.54, 1.807) is 27.3 Å². The Balaban J connectivity index is 1.25. The maximum atomic E-state index is 13.9. The molecule has 0 bridgehead atoms. The number of methoxy groups -OCH3 is 1. The molecule has 0 radical (unpaired) electrons. The molecule has 2 amide bonds. The lowest BCUT2D eigenvalue weighted by Gasteiger charge is -2.37. The van der Waals surface area contributed by atoms with Crippen LogP contribution in [0.5, 0.6) is 5.75 Å². The first kappa shape index (κ1) is 32.1. The van der Waals surface area contributed by atoms with Crippen molar-refractivity contribution in [3.05, 3.63) is 56.4 Å². The maximum absolute atomic E-state index is 13.9. The first-order chi connectivity index (χ1) is 22.0. The molecule has 3 aromatic rings. The number of anilines is 1. The number of esters is 1. The van der Waals surface area contributed by atoms with Gasteiger partial charge in [0.1, 0.15) is 23.3 Å². The number of fused-ring (bicyclic) bond motifs is 3. The predicted molar refractivity (Wildman–Crippen MR) is 170 cm³/mol. The third-order valence-electron chi connectivity index (χ3n) is 8.02. The van der Waals surface area contributed by atoms with Crippen LogP contribution in [0.1, 0.15) is 59.3 Å². The minimum atomic E-state index is -0.612. The van der Waals surface area contributed by atoms with Crippen LogP contribution in [-0.4, -0.2) is 101 Å². The molecule has 1 saturated heterocycles. The molecule has 6 heterocycles. The summed E-state index contributed by atoms with van der Waals surface area (Å²) in [7, 11) is 1.34. The van der Waals surface area contributed by atoms with Crippen molar-refractivity contribution in [2.75, 3.05) is 58.0 Å². The van der Waals surface area contributed by atoms with Crippen molar-refractivity contribution in [1.82, 2.24) is 24.3 Å². The Kier molecular flexibility index (Phi) is 9.12. The molecule has 1 atom stereocenters. The van der Waals surface area contributed by atoms with Gasteiger partial charge in [-0.2, -0.15) is 0 Å². The van der Waals surface area contributed by atoms with Gasteiger partial charge in [-0.1, -0.05) is 11.6 Å². The Labute approximate surface area is 275 Å². The van der Waals surface area contributed by atoms with Gasteiger partial charge in [0.15, 0.2) is 17.5 Å². The Morgan fingerprint density at radius 2 is 1.87 bits per heavy atom. The fourth-order valence-electron chi connectivity index (χ4n) is 5.87. The summed E-state index contributed by atoms with van der Waals surface area (Å²) >= 11 is 7.86. The number of carbonyl (C=O) groups is 3. The molecule has 3 aromatic heterocycles. The van der Waals surface area contributed by atoms with E-state index in [-0.39, 0.29) is 24.2 Å². The zero-order valence-corrected chi connectivity index (χ0v) is 27.9. The van der Waals surface area contributed by atoms with Crippen molar-refractivity contribution in [2.45, 2.75) is 51.9 Å². The highest BCUT2D eigenvalue weighted by molar-refractivity contribution is 7.10. The van der Waals surface area contributed by atoms with Crippen molar-refractivity contribution >= 4 is 46.7 Å². The minimum absolute atomic E-state index is 0.176. The SMILES string of the molecule is COC(=O)c1csc(C2c3c(nc4n3CCN(C(=O)OC(C)(C)C)C4)CCN2C(=O)COc2ccc(N3CCOCC3)nc2Cl)c1. The number of hydrogen-bond donors (Lipinski definition) is 0. The van der Waals surface area contributed by atoms with Gasteiger partial charge in [-0.25, -0.2) is 19.6 Å². The highest BCUT2D eigenvalue weighted by Gasteiger charge is 2.40. The van der Waals surface area contributed by atoms with Gasteiger partial charge < -0.3 is 33.3 Å². The second-order valence-corrected chi connectivity index (χ2v) is 13.5. The molecule has 0 N–H and O–H groups in total. The second-order valence-electron chi connectivity index (χ2n) is 12.2. The van der Waals surface area contributed by atoms with Crippen molar-refractivity contribution < 1.29 is 33.3 Å². The summed E-state index contributed by atoms with van der Waals surface area (Å²) in [6.07, 6.45) is 0.132. The maximum Gasteiger partial charge on any atom is 0.410 e. The lowest BCUT2D eigenvalue weighted by atomic mass is 10.00. The standard InChI is InChI=1S/C31H37ClN6O7S/c1-31(2,3)45-30(41)36-9-10-37-24(16-36)33-20-7-8-38(27(26(20)37)22-15-19(18-46-22)29(40)42-4)25(39)17-44-21-5-6-23(34-28(21)32)35-11-13-43-14-12-35/h5-6,15,18,27H,7-14,16-17H2,1-4H3. The van der Waals surface area contributed by atoms with Crippen molar-refractivity contribution in [2.24, 2.45) is 0 Å². The van der Waals surface area contributed by atoms with E-state index in [2.05, 4.69) is 14.5 Å². The first-order valence-corrected chi connectivity index (χ1v) is 16.4. The van der Waals surface area contributed by atoms with Crippen LogP contribution in [-0.2, 0) is 38.5 Å². The van der Waals surface area contributed by atoms with Gasteiger partial charge in [0.05, 0.1) is 43.8 Å². The number of aromatic nitrogens is 3. The normalized spacial score (nSPS) is 18.1. The molecule has 3 aliphatic rings. The topological polar surface area (TPSA) is 129 Å². The summed E-state index contributed by atoms with van der Waals surface area (Å²) in [6.45, 7) is 9.53. The van der Waals surface area contributed by atoms with Crippen LogP contribution in [0.25, 0.3) is 0 Å². The molecule has 46 heavy (non-hydrogen) atoms. The molecular formula is C31H37ClN6O7S. The van der Waals surface area contributed by atoms with E-state index in [9.17, 15) is 14.4 Å². The lowest BCUT2D eigenvalue weighted by molar-refractivity contribution is -0.135. The summed E-state index contributed by atoms with van der Waals surface area (Å²) in [5.41, 5.74) is 1.52. The molecule has 0 aromatic carbocycles. The summed E-state index contributed by atoms with van der Waals surface area (Å²) < 4.78 is 24.0. The number of morpholine rings is 1. The van der Waals surface area contributed by atoms with Crippen LogP contribution in [0.2, 0.25) is 5.15 Å². The van der Waals surface area contributed by atoms with Crippen LogP contribution < -0.4 is 9.64 Å². The Morgan fingerprint density at radius 3 is 2.59 bits per heavy atom. The number of rotatable bonds is 6. The lowest BCUT2D eigenvalue weighted by Crippen LogP contribution is -2.45. The van der Waals surface area contributed by atoms with E-state index in [1.165, 1.54) is 18.4 Å². The highest BCUT2D eigenvalue weighted by Crippen LogP contribution is 2.40. The summed E-state index contributed by atoms with van der Waals surface area (Å²) in [6, 6.07) is 4.80. The molecule has 0 aliphatic carbocycles. The third kappa shape index (κ3) is 6.65. The fraction of sp³-hybridized carbons (Fsp3) is 0.516. The summed E-state index contributed by atoms with van der Waals surface area (Å²) in [4.78, 5) is 54.8. The molecule has 1 unspecified atom stereocenters. The number of nitrogens with zero attached hydrogens (tertiary/aromatic N) is 6. The van der Waals surface area contributed by atoms with E-state index >= 15 is 0 Å². The van der Waals surface area contributed by atoms with Gasteiger partial charge in [-0.15, -0.1) is 11.3 Å². The number of thiophene rings is 1. The van der Waals surface area contributed by atoms with Crippen LogP contribution in [0.15, 0.2) is 23.6 Å². The molecule has 246 valence electrons. The minimum Gasteiger partial charge on any atom is -0.481 e.